The Morgan fingerprint density at radius 2 is 2.22 bits per heavy atom. The van der Waals surface area contributed by atoms with E-state index in [1.165, 1.54) is 10.6 Å². The molecule has 0 bridgehead atoms. The van der Waals surface area contributed by atoms with Crippen LogP contribution in [0.2, 0.25) is 0 Å². The number of hydrogen-bond acceptors (Lipinski definition) is 4. The zero-order valence-electron chi connectivity index (χ0n) is 10.9. The molecule has 5 heteroatoms. The summed E-state index contributed by atoms with van der Waals surface area (Å²) in [6.07, 6.45) is 0.752. The summed E-state index contributed by atoms with van der Waals surface area (Å²) in [5.74, 6) is -0.257. The van der Waals surface area contributed by atoms with Crippen LogP contribution in [0.25, 0.3) is 0 Å². The molecule has 0 aliphatic heterocycles. The van der Waals surface area contributed by atoms with Crippen LogP contribution in [0.3, 0.4) is 0 Å². The second kappa shape index (κ2) is 6.22. The molecule has 0 aliphatic carbocycles. The highest BCUT2D eigenvalue weighted by Gasteiger charge is 2.11. The zero-order chi connectivity index (χ0) is 13.7. The van der Waals surface area contributed by atoms with Crippen molar-refractivity contribution in [1.82, 2.24) is 4.57 Å². The molecule has 0 saturated carbocycles. The maximum absolute atomic E-state index is 11.7. The van der Waals surface area contributed by atoms with Gasteiger partial charge < -0.3 is 9.84 Å². The molecule has 1 aromatic rings. The Bertz CT molecular complexity index is 512. The van der Waals surface area contributed by atoms with Crippen LogP contribution < -0.4 is 5.56 Å². The molecule has 0 amide bonds. The molecule has 0 aliphatic rings. The van der Waals surface area contributed by atoms with Crippen LogP contribution in [-0.4, -0.2) is 22.4 Å². The van der Waals surface area contributed by atoms with Crippen LogP contribution >= 0.6 is 0 Å². The molecule has 1 aromatic heterocycles. The lowest BCUT2D eigenvalue weighted by Crippen LogP contribution is -2.22. The molecule has 0 radical (unpaired) electrons. The summed E-state index contributed by atoms with van der Waals surface area (Å²) in [5, 5.41) is 18.8. The molecule has 0 unspecified atom stereocenters. The number of pyridine rings is 1. The van der Waals surface area contributed by atoms with Crippen molar-refractivity contribution >= 4 is 0 Å². The van der Waals surface area contributed by atoms with Crippen LogP contribution in [0.4, 0.5) is 0 Å². The number of aryl methyl sites for hydroxylation is 1. The van der Waals surface area contributed by atoms with Crippen molar-refractivity contribution in [3.05, 3.63) is 27.5 Å². The van der Waals surface area contributed by atoms with Gasteiger partial charge in [0.25, 0.3) is 5.56 Å². The minimum Gasteiger partial charge on any atom is -0.493 e. The molecule has 0 saturated heterocycles. The molecule has 1 N–H and O–H groups in total. The normalized spacial score (nSPS) is 10.6. The van der Waals surface area contributed by atoms with Crippen molar-refractivity contribution in [2.24, 2.45) is 0 Å². The van der Waals surface area contributed by atoms with E-state index in [1.807, 2.05) is 19.9 Å². The Balaban J connectivity index is 2.84. The smallest absolute Gasteiger partial charge is 0.253 e. The summed E-state index contributed by atoms with van der Waals surface area (Å²) in [4.78, 5) is 11.7. The van der Waals surface area contributed by atoms with Crippen LogP contribution in [0.1, 0.15) is 31.4 Å². The van der Waals surface area contributed by atoms with Gasteiger partial charge in [-0.3, -0.25) is 9.36 Å². The second-order valence-corrected chi connectivity index (χ2v) is 4.40. The third-order valence-corrected chi connectivity index (χ3v) is 2.57. The number of ether oxygens (including phenoxy) is 1. The van der Waals surface area contributed by atoms with Crippen LogP contribution in [-0.2, 0) is 11.3 Å². The Morgan fingerprint density at radius 3 is 2.78 bits per heavy atom. The fraction of sp³-hybridized carbons (Fsp3) is 0.538. The maximum atomic E-state index is 11.7. The Labute approximate surface area is 106 Å². The first kappa shape index (κ1) is 14.3. The molecule has 0 fully saturated rings. The van der Waals surface area contributed by atoms with Crippen LogP contribution in [0.5, 0.6) is 5.88 Å². The minimum absolute atomic E-state index is 0.142. The van der Waals surface area contributed by atoms with Gasteiger partial charge in [-0.2, -0.15) is 5.26 Å². The Kier molecular flexibility index (Phi) is 4.93. The monoisotopic (exact) mass is 250 g/mol. The number of nitriles is 1. The van der Waals surface area contributed by atoms with Gasteiger partial charge in [0.05, 0.1) is 6.10 Å². The van der Waals surface area contributed by atoms with Crippen molar-refractivity contribution in [2.45, 2.75) is 39.8 Å². The first-order chi connectivity index (χ1) is 8.47. The molecule has 18 heavy (non-hydrogen) atoms. The largest absolute Gasteiger partial charge is 0.493 e. The fourth-order valence-corrected chi connectivity index (χ4v) is 1.65. The van der Waals surface area contributed by atoms with Gasteiger partial charge in [0.15, 0.2) is 0 Å². The molecule has 1 rings (SSSR count). The lowest BCUT2D eigenvalue weighted by atomic mass is 10.1. The molecular weight excluding hydrogens is 232 g/mol. The summed E-state index contributed by atoms with van der Waals surface area (Å²) < 4.78 is 6.57. The Hall–Kier alpha value is -1.80. The predicted molar refractivity (Wildman–Crippen MR) is 67.5 cm³/mol. The number of hydrogen-bond donors (Lipinski definition) is 1. The first-order valence-corrected chi connectivity index (χ1v) is 5.92. The topological polar surface area (TPSA) is 75.2 Å². The van der Waals surface area contributed by atoms with Crippen molar-refractivity contribution in [3.63, 3.8) is 0 Å². The summed E-state index contributed by atoms with van der Waals surface area (Å²) in [6.45, 7) is 6.35. The van der Waals surface area contributed by atoms with E-state index in [9.17, 15) is 9.90 Å². The van der Waals surface area contributed by atoms with Gasteiger partial charge in [-0.05, 0) is 32.8 Å². The number of nitrogens with zero attached hydrogens (tertiary/aromatic N) is 2. The van der Waals surface area contributed by atoms with E-state index in [2.05, 4.69) is 0 Å². The van der Waals surface area contributed by atoms with E-state index in [0.29, 0.717) is 25.1 Å². The minimum atomic E-state index is -0.298. The summed E-state index contributed by atoms with van der Waals surface area (Å²) in [5.41, 5.74) is 0.350. The third kappa shape index (κ3) is 3.34. The third-order valence-electron chi connectivity index (χ3n) is 2.57. The van der Waals surface area contributed by atoms with E-state index in [-0.39, 0.29) is 23.1 Å². The van der Waals surface area contributed by atoms with Crippen molar-refractivity contribution in [1.29, 1.82) is 5.26 Å². The van der Waals surface area contributed by atoms with Gasteiger partial charge >= 0.3 is 0 Å². The summed E-state index contributed by atoms with van der Waals surface area (Å²) in [6, 6.07) is 3.26. The summed E-state index contributed by atoms with van der Waals surface area (Å²) in [7, 11) is 0. The van der Waals surface area contributed by atoms with Gasteiger partial charge in [0.1, 0.15) is 11.6 Å². The second-order valence-electron chi connectivity index (χ2n) is 4.40. The van der Waals surface area contributed by atoms with Crippen molar-refractivity contribution < 1.29 is 9.84 Å². The van der Waals surface area contributed by atoms with E-state index in [0.717, 1.165) is 0 Å². The van der Waals surface area contributed by atoms with Crippen LogP contribution in [0, 0.1) is 18.3 Å². The molecule has 0 atom stereocenters. The average molecular weight is 250 g/mol. The zero-order valence-corrected chi connectivity index (χ0v) is 10.9. The van der Waals surface area contributed by atoms with Gasteiger partial charge in [-0.25, -0.2) is 0 Å². The highest BCUT2D eigenvalue weighted by molar-refractivity contribution is 5.43. The molecule has 5 nitrogen and oxygen atoms in total. The Morgan fingerprint density at radius 1 is 1.56 bits per heavy atom. The van der Waals surface area contributed by atoms with Gasteiger partial charge in [0.2, 0.25) is 5.88 Å². The number of aromatic nitrogens is 1. The molecule has 0 aromatic carbocycles. The molecule has 98 valence electrons. The van der Waals surface area contributed by atoms with Crippen molar-refractivity contribution in [2.75, 3.05) is 6.61 Å². The molecule has 1 heterocycles. The van der Waals surface area contributed by atoms with Gasteiger partial charge in [-0.1, -0.05) is 0 Å². The highest BCUT2D eigenvalue weighted by Crippen LogP contribution is 2.17. The first-order valence-electron chi connectivity index (χ1n) is 5.92. The number of aromatic hydroxyl groups is 1. The average Bonchev–Trinajstić information content (AvgIpc) is 2.27. The summed E-state index contributed by atoms with van der Waals surface area (Å²) >= 11 is 0. The van der Waals surface area contributed by atoms with Crippen molar-refractivity contribution in [3.8, 4) is 11.9 Å². The van der Waals surface area contributed by atoms with Gasteiger partial charge in [0, 0.05) is 19.2 Å². The lowest BCUT2D eigenvalue weighted by Gasteiger charge is -2.12. The predicted octanol–water partition coefficient (Wildman–Crippen LogP) is 1.55. The van der Waals surface area contributed by atoms with E-state index in [1.54, 1.807) is 6.92 Å². The standard InChI is InChI=1S/C13H18N2O3/c1-9(2)18-6-4-5-15-12(16)7-10(3)11(8-14)13(15)17/h7,9,17H,4-6H2,1-3H3. The SMILES string of the molecule is Cc1cc(=O)n(CCCOC(C)C)c(O)c1C#N. The van der Waals surface area contributed by atoms with E-state index in [4.69, 9.17) is 10.00 Å². The molecule has 0 spiro atoms. The lowest BCUT2D eigenvalue weighted by molar-refractivity contribution is 0.0744. The molecular formula is C13H18N2O3. The fourth-order valence-electron chi connectivity index (χ4n) is 1.65. The van der Waals surface area contributed by atoms with Crippen LogP contribution in [0.15, 0.2) is 10.9 Å². The van der Waals surface area contributed by atoms with E-state index < -0.39 is 0 Å². The number of rotatable bonds is 5. The van der Waals surface area contributed by atoms with Gasteiger partial charge in [-0.15, -0.1) is 0 Å². The highest BCUT2D eigenvalue weighted by atomic mass is 16.5. The quantitative estimate of drug-likeness (QED) is 0.804. The van der Waals surface area contributed by atoms with E-state index >= 15 is 0 Å². The maximum Gasteiger partial charge on any atom is 0.253 e.